The monoisotopic (exact) mass is 449 g/mol. The van der Waals surface area contributed by atoms with Crippen LogP contribution >= 0.6 is 0 Å². The summed E-state index contributed by atoms with van der Waals surface area (Å²) in [6.45, 7) is 1.75. The topological polar surface area (TPSA) is 110 Å². The van der Waals surface area contributed by atoms with Gasteiger partial charge in [0.2, 0.25) is 14.8 Å². The van der Waals surface area contributed by atoms with Crippen molar-refractivity contribution in [3.63, 3.8) is 0 Å². The number of nitrogens with zero attached hydrogens (tertiary/aromatic N) is 4. The number of piperidine rings is 1. The van der Waals surface area contributed by atoms with Gasteiger partial charge >= 0.3 is 6.03 Å². The van der Waals surface area contributed by atoms with Crippen LogP contribution in [0.25, 0.3) is 0 Å². The summed E-state index contributed by atoms with van der Waals surface area (Å²) in [5.74, 6) is -4.07. The van der Waals surface area contributed by atoms with E-state index < -0.39 is 43.4 Å². The molecule has 2 amide bonds. The maximum absolute atomic E-state index is 15.6. The SMILES string of the molecule is Cn1nc(C(C)(F)F)cc1S(=O)(=O)[C@@](C)(F)C1CCN(C(=O)Nc2ccon2)CC1. The number of urea groups is 1. The molecule has 1 atom stereocenters. The maximum Gasteiger partial charge on any atom is 0.323 e. The van der Waals surface area contributed by atoms with Crippen LogP contribution in [-0.2, 0) is 22.8 Å². The minimum absolute atomic E-state index is 0.0765. The Balaban J connectivity index is 1.73. The molecule has 0 saturated carbocycles. The van der Waals surface area contributed by atoms with Crippen molar-refractivity contribution in [1.29, 1.82) is 0 Å². The fraction of sp³-hybridized carbons (Fsp3) is 0.588. The van der Waals surface area contributed by atoms with Crippen molar-refractivity contribution in [3.05, 3.63) is 24.1 Å². The molecule has 2 aromatic rings. The van der Waals surface area contributed by atoms with E-state index in [0.29, 0.717) is 13.0 Å². The van der Waals surface area contributed by atoms with E-state index in [1.165, 1.54) is 24.3 Å². The number of amides is 2. The van der Waals surface area contributed by atoms with Crippen LogP contribution in [0.3, 0.4) is 0 Å². The summed E-state index contributed by atoms with van der Waals surface area (Å²) >= 11 is 0. The Morgan fingerprint density at radius 3 is 2.40 bits per heavy atom. The summed E-state index contributed by atoms with van der Waals surface area (Å²) < 4.78 is 73.9. The Kier molecular flexibility index (Phi) is 5.60. The normalized spacial score (nSPS) is 18.3. The molecule has 0 aromatic carbocycles. The highest BCUT2D eigenvalue weighted by atomic mass is 32.2. The lowest BCUT2D eigenvalue weighted by atomic mass is 9.92. The highest BCUT2D eigenvalue weighted by Crippen LogP contribution is 2.40. The van der Waals surface area contributed by atoms with Crippen molar-refractivity contribution in [2.24, 2.45) is 13.0 Å². The Morgan fingerprint density at radius 2 is 1.90 bits per heavy atom. The summed E-state index contributed by atoms with van der Waals surface area (Å²) in [5.41, 5.74) is -0.751. The number of anilines is 1. The van der Waals surface area contributed by atoms with Crippen molar-refractivity contribution < 1.29 is 30.9 Å². The first kappa shape index (κ1) is 22.1. The first-order valence-electron chi connectivity index (χ1n) is 9.16. The number of hydrogen-bond acceptors (Lipinski definition) is 6. The molecule has 1 fully saturated rings. The summed E-state index contributed by atoms with van der Waals surface area (Å²) in [5, 5.41) is 6.26. The molecule has 13 heteroatoms. The summed E-state index contributed by atoms with van der Waals surface area (Å²) in [7, 11) is -3.45. The van der Waals surface area contributed by atoms with Gasteiger partial charge in [-0.1, -0.05) is 5.16 Å². The van der Waals surface area contributed by atoms with Gasteiger partial charge in [-0.3, -0.25) is 10.00 Å². The number of halogens is 3. The second-order valence-electron chi connectivity index (χ2n) is 7.45. The zero-order chi connectivity index (χ0) is 22.3. The minimum Gasteiger partial charge on any atom is -0.363 e. The Morgan fingerprint density at radius 1 is 1.27 bits per heavy atom. The van der Waals surface area contributed by atoms with Gasteiger partial charge in [0.1, 0.15) is 12.0 Å². The Hall–Kier alpha value is -2.57. The van der Waals surface area contributed by atoms with Gasteiger partial charge < -0.3 is 9.42 Å². The predicted octanol–water partition coefficient (Wildman–Crippen LogP) is 2.92. The molecule has 3 rings (SSSR count). The lowest BCUT2D eigenvalue weighted by Gasteiger charge is -2.37. The van der Waals surface area contributed by atoms with Gasteiger partial charge in [0.25, 0.3) is 5.92 Å². The highest BCUT2D eigenvalue weighted by molar-refractivity contribution is 7.92. The van der Waals surface area contributed by atoms with Crippen molar-refractivity contribution in [2.45, 2.75) is 42.6 Å². The molecule has 0 bridgehead atoms. The van der Waals surface area contributed by atoms with E-state index in [9.17, 15) is 22.0 Å². The molecule has 0 aliphatic carbocycles. The third kappa shape index (κ3) is 4.02. The largest absolute Gasteiger partial charge is 0.363 e. The molecule has 2 aromatic heterocycles. The molecule has 1 aliphatic heterocycles. The highest BCUT2D eigenvalue weighted by Gasteiger charge is 2.50. The number of alkyl halides is 3. The molecule has 1 N–H and O–H groups in total. The molecule has 30 heavy (non-hydrogen) atoms. The lowest BCUT2D eigenvalue weighted by molar-refractivity contribution is 0.0122. The van der Waals surface area contributed by atoms with E-state index in [4.69, 9.17) is 0 Å². The standard InChI is InChI=1S/C17H22F3N5O4S/c1-16(18,19)12-10-14(24(3)22-12)30(27,28)17(2,20)11-4-7-25(8-5-11)15(26)21-13-6-9-29-23-13/h6,9-11H,4-5,7-8H2,1-3H3,(H,21,23,26)/t17-/m1/s1. The van der Waals surface area contributed by atoms with Crippen molar-refractivity contribution in [3.8, 4) is 0 Å². The molecular weight excluding hydrogens is 427 g/mol. The van der Waals surface area contributed by atoms with E-state index in [0.717, 1.165) is 11.6 Å². The summed E-state index contributed by atoms with van der Waals surface area (Å²) in [6.07, 6.45) is 1.44. The van der Waals surface area contributed by atoms with E-state index in [1.54, 1.807) is 0 Å². The molecule has 0 radical (unpaired) electrons. The van der Waals surface area contributed by atoms with Crippen LogP contribution in [-0.4, -0.2) is 52.4 Å². The Bertz CT molecular complexity index is 1010. The maximum atomic E-state index is 15.6. The molecular formula is C17H22F3N5O4S. The number of nitrogens with one attached hydrogen (secondary N) is 1. The number of aromatic nitrogens is 3. The van der Waals surface area contributed by atoms with Crippen LogP contribution in [0.4, 0.5) is 23.8 Å². The van der Waals surface area contributed by atoms with Gasteiger partial charge in [-0.2, -0.15) is 13.9 Å². The van der Waals surface area contributed by atoms with Crippen LogP contribution in [0.15, 0.2) is 27.9 Å². The quantitative estimate of drug-likeness (QED) is 0.752. The van der Waals surface area contributed by atoms with E-state index >= 15 is 4.39 Å². The lowest BCUT2D eigenvalue weighted by Crippen LogP contribution is -2.48. The Labute approximate surface area is 171 Å². The zero-order valence-corrected chi connectivity index (χ0v) is 17.4. The first-order chi connectivity index (χ1) is 13.8. The summed E-state index contributed by atoms with van der Waals surface area (Å²) in [6, 6.07) is 1.69. The van der Waals surface area contributed by atoms with Crippen molar-refractivity contribution in [2.75, 3.05) is 18.4 Å². The van der Waals surface area contributed by atoms with Crippen LogP contribution < -0.4 is 5.32 Å². The average molecular weight is 449 g/mol. The number of rotatable bonds is 5. The van der Waals surface area contributed by atoms with Crippen LogP contribution in [0.2, 0.25) is 0 Å². The number of aryl methyl sites for hydroxylation is 1. The van der Waals surface area contributed by atoms with Crippen LogP contribution in [0.1, 0.15) is 32.4 Å². The molecule has 1 aliphatic rings. The fourth-order valence-corrected chi connectivity index (χ4v) is 5.14. The van der Waals surface area contributed by atoms with Gasteiger partial charge in [-0.15, -0.1) is 0 Å². The number of carbonyl (C=O) groups excluding carboxylic acids is 1. The first-order valence-corrected chi connectivity index (χ1v) is 10.6. The fourth-order valence-electron chi connectivity index (χ4n) is 3.40. The number of sulfone groups is 1. The van der Waals surface area contributed by atoms with Crippen LogP contribution in [0, 0.1) is 5.92 Å². The number of hydrogen-bond donors (Lipinski definition) is 1. The zero-order valence-electron chi connectivity index (χ0n) is 16.6. The second-order valence-corrected chi connectivity index (χ2v) is 9.67. The van der Waals surface area contributed by atoms with E-state index in [2.05, 4.69) is 20.1 Å². The van der Waals surface area contributed by atoms with Gasteiger partial charge in [-0.05, 0) is 19.8 Å². The van der Waals surface area contributed by atoms with Gasteiger partial charge in [0, 0.05) is 45.1 Å². The molecule has 0 unspecified atom stereocenters. The minimum atomic E-state index is -4.63. The molecule has 3 heterocycles. The molecule has 166 valence electrons. The third-order valence-corrected chi connectivity index (χ3v) is 7.59. The smallest absolute Gasteiger partial charge is 0.323 e. The summed E-state index contributed by atoms with van der Waals surface area (Å²) in [4.78, 5) is 13.6. The number of carbonyl (C=O) groups is 1. The average Bonchev–Trinajstić information content (AvgIpc) is 3.31. The third-order valence-electron chi connectivity index (χ3n) is 5.27. The molecule has 1 saturated heterocycles. The van der Waals surface area contributed by atoms with Gasteiger partial charge in [-0.25, -0.2) is 17.6 Å². The van der Waals surface area contributed by atoms with Gasteiger partial charge in [0.15, 0.2) is 10.8 Å². The second kappa shape index (κ2) is 7.60. The van der Waals surface area contributed by atoms with Crippen molar-refractivity contribution >= 4 is 21.7 Å². The molecule has 0 spiro atoms. The number of likely N-dealkylation sites (tertiary alicyclic amines) is 1. The van der Waals surface area contributed by atoms with E-state index in [1.807, 2.05) is 0 Å². The van der Waals surface area contributed by atoms with Gasteiger partial charge in [0.05, 0.1) is 0 Å². The van der Waals surface area contributed by atoms with E-state index in [-0.39, 0.29) is 31.7 Å². The predicted molar refractivity (Wildman–Crippen MR) is 99.3 cm³/mol. The molecule has 9 nitrogen and oxygen atoms in total. The van der Waals surface area contributed by atoms with Crippen molar-refractivity contribution in [1.82, 2.24) is 19.8 Å². The van der Waals surface area contributed by atoms with Crippen LogP contribution in [0.5, 0.6) is 0 Å².